The Bertz CT molecular complexity index is 832. The van der Waals surface area contributed by atoms with Crippen LogP contribution in [0, 0.1) is 12.3 Å². The summed E-state index contributed by atoms with van der Waals surface area (Å²) in [6.07, 6.45) is 5.89. The normalized spacial score (nSPS) is 24.7. The van der Waals surface area contributed by atoms with Gasteiger partial charge in [0.2, 0.25) is 5.91 Å². The van der Waals surface area contributed by atoms with E-state index in [1.54, 1.807) is 6.92 Å². The molecular weight excluding hydrogens is 342 g/mol. The second-order valence-electron chi connectivity index (χ2n) is 7.71. The van der Waals surface area contributed by atoms with Gasteiger partial charge in [-0.15, -0.1) is 0 Å². The van der Waals surface area contributed by atoms with E-state index in [-0.39, 0.29) is 23.3 Å². The van der Waals surface area contributed by atoms with Crippen molar-refractivity contribution in [3.05, 3.63) is 53.7 Å². The van der Waals surface area contributed by atoms with Gasteiger partial charge in [-0.05, 0) is 24.8 Å². The molecule has 0 unspecified atom stereocenters. The van der Waals surface area contributed by atoms with Crippen LogP contribution in [-0.2, 0) is 11.3 Å². The van der Waals surface area contributed by atoms with Crippen molar-refractivity contribution in [3.8, 4) is 0 Å². The van der Waals surface area contributed by atoms with Gasteiger partial charge >= 0.3 is 0 Å². The molecule has 2 aliphatic rings. The van der Waals surface area contributed by atoms with Crippen LogP contribution in [0.3, 0.4) is 0 Å². The van der Waals surface area contributed by atoms with E-state index in [0.717, 1.165) is 31.2 Å². The van der Waals surface area contributed by atoms with E-state index in [2.05, 4.69) is 22.4 Å². The lowest BCUT2D eigenvalue weighted by atomic mass is 9.74. The molecule has 6 heteroatoms. The van der Waals surface area contributed by atoms with Crippen molar-refractivity contribution in [1.82, 2.24) is 15.2 Å². The number of aromatic nitrogens is 1. The van der Waals surface area contributed by atoms with Gasteiger partial charge in [0.1, 0.15) is 6.26 Å². The highest BCUT2D eigenvalue weighted by Gasteiger charge is 2.50. The van der Waals surface area contributed by atoms with Crippen molar-refractivity contribution in [2.45, 2.75) is 51.6 Å². The number of oxazole rings is 1. The van der Waals surface area contributed by atoms with E-state index >= 15 is 0 Å². The number of nitrogens with one attached hydrogen (secondary N) is 1. The number of aryl methyl sites for hydroxylation is 1. The smallest absolute Gasteiger partial charge is 0.273 e. The maximum absolute atomic E-state index is 12.7. The quantitative estimate of drug-likeness (QED) is 0.881. The Morgan fingerprint density at radius 1 is 1.33 bits per heavy atom. The molecule has 1 saturated heterocycles. The van der Waals surface area contributed by atoms with Crippen molar-refractivity contribution < 1.29 is 14.0 Å². The van der Waals surface area contributed by atoms with Gasteiger partial charge in [0.05, 0.1) is 0 Å². The Labute approximate surface area is 159 Å². The molecule has 0 bridgehead atoms. The first-order chi connectivity index (χ1) is 13.1. The van der Waals surface area contributed by atoms with Gasteiger partial charge in [0.25, 0.3) is 5.91 Å². The second-order valence-corrected chi connectivity index (χ2v) is 7.71. The molecule has 4 rings (SSSR count). The first-order valence-electron chi connectivity index (χ1n) is 9.61. The average Bonchev–Trinajstić information content (AvgIpc) is 3.30. The summed E-state index contributed by atoms with van der Waals surface area (Å²) < 4.78 is 5.14. The van der Waals surface area contributed by atoms with Crippen molar-refractivity contribution in [2.24, 2.45) is 5.41 Å². The van der Waals surface area contributed by atoms with E-state index in [9.17, 15) is 9.59 Å². The number of carbonyl (C=O) groups is 2. The van der Waals surface area contributed by atoms with Crippen LogP contribution in [0.4, 0.5) is 0 Å². The lowest BCUT2D eigenvalue weighted by molar-refractivity contribution is -0.142. The number of nitrogens with zero attached hydrogens (tertiary/aromatic N) is 2. The topological polar surface area (TPSA) is 75.4 Å². The molecule has 2 heterocycles. The lowest BCUT2D eigenvalue weighted by Crippen LogP contribution is -2.55. The third kappa shape index (κ3) is 3.48. The number of carbonyl (C=O) groups excluding carboxylic acids is 2. The number of hydrogen-bond donors (Lipinski definition) is 1. The Morgan fingerprint density at radius 3 is 2.89 bits per heavy atom. The summed E-state index contributed by atoms with van der Waals surface area (Å²) in [5, 5.41) is 3.04. The van der Waals surface area contributed by atoms with Crippen LogP contribution in [0.5, 0.6) is 0 Å². The first kappa shape index (κ1) is 17.8. The fourth-order valence-electron chi connectivity index (χ4n) is 4.66. The summed E-state index contributed by atoms with van der Waals surface area (Å²) in [6.45, 7) is 2.93. The monoisotopic (exact) mass is 367 g/mol. The molecule has 0 spiro atoms. The zero-order valence-corrected chi connectivity index (χ0v) is 15.6. The Hall–Kier alpha value is -2.63. The Morgan fingerprint density at radius 2 is 2.15 bits per heavy atom. The SMILES string of the molecule is Cc1nc(C(=O)NC[C@@]23CCC[C@H]2N(Cc2ccccc2)C(=O)CC3)co1. The molecule has 2 atom stereocenters. The van der Waals surface area contributed by atoms with E-state index in [1.807, 2.05) is 23.1 Å². The molecule has 1 aromatic heterocycles. The minimum absolute atomic E-state index is 0.0445. The molecule has 27 heavy (non-hydrogen) atoms. The zero-order chi connectivity index (χ0) is 18.9. The summed E-state index contributed by atoms with van der Waals surface area (Å²) in [7, 11) is 0. The standard InChI is InChI=1S/C21H25N3O3/c1-15-23-17(13-27-15)20(26)22-14-21-10-5-8-18(21)24(19(25)9-11-21)12-16-6-3-2-4-7-16/h2-4,6-7,13,18H,5,8-12,14H2,1H3,(H,22,26)/t18-,21+/m1/s1. The van der Waals surface area contributed by atoms with E-state index in [0.29, 0.717) is 31.1 Å². The van der Waals surface area contributed by atoms with Crippen LogP contribution in [0.2, 0.25) is 0 Å². The summed E-state index contributed by atoms with van der Waals surface area (Å²) in [5.41, 5.74) is 1.42. The summed E-state index contributed by atoms with van der Waals surface area (Å²) >= 11 is 0. The molecule has 2 amide bonds. The number of amides is 2. The molecule has 6 nitrogen and oxygen atoms in total. The van der Waals surface area contributed by atoms with Crippen LogP contribution >= 0.6 is 0 Å². The van der Waals surface area contributed by atoms with E-state index in [4.69, 9.17) is 4.42 Å². The fraction of sp³-hybridized carbons (Fsp3) is 0.476. The zero-order valence-electron chi connectivity index (χ0n) is 15.6. The van der Waals surface area contributed by atoms with Gasteiger partial charge in [-0.1, -0.05) is 36.8 Å². The van der Waals surface area contributed by atoms with Crippen LogP contribution in [0.25, 0.3) is 0 Å². The predicted molar refractivity (Wildman–Crippen MR) is 99.9 cm³/mol. The molecule has 1 N–H and O–H groups in total. The summed E-state index contributed by atoms with van der Waals surface area (Å²) in [5.74, 6) is 0.493. The van der Waals surface area contributed by atoms with Gasteiger partial charge in [0, 0.05) is 37.9 Å². The Balaban J connectivity index is 1.49. The van der Waals surface area contributed by atoms with Gasteiger partial charge < -0.3 is 14.6 Å². The predicted octanol–water partition coefficient (Wildman–Crippen LogP) is 3.07. The van der Waals surface area contributed by atoms with Crippen molar-refractivity contribution >= 4 is 11.8 Å². The number of piperidine rings is 1. The molecule has 2 fully saturated rings. The number of fused-ring (bicyclic) bond motifs is 1. The maximum Gasteiger partial charge on any atom is 0.273 e. The number of likely N-dealkylation sites (tertiary alicyclic amines) is 1. The number of rotatable bonds is 5. The van der Waals surface area contributed by atoms with Crippen molar-refractivity contribution in [2.75, 3.05) is 6.54 Å². The van der Waals surface area contributed by atoms with Gasteiger partial charge in [-0.2, -0.15) is 0 Å². The minimum atomic E-state index is -0.210. The highest BCUT2D eigenvalue weighted by atomic mass is 16.3. The fourth-order valence-corrected chi connectivity index (χ4v) is 4.66. The molecule has 1 aliphatic carbocycles. The van der Waals surface area contributed by atoms with Gasteiger partial charge in [-0.25, -0.2) is 4.98 Å². The van der Waals surface area contributed by atoms with Crippen LogP contribution in [0.15, 0.2) is 41.0 Å². The molecule has 1 saturated carbocycles. The minimum Gasteiger partial charge on any atom is -0.448 e. The highest BCUT2D eigenvalue weighted by molar-refractivity contribution is 5.92. The number of hydrogen-bond acceptors (Lipinski definition) is 4. The summed E-state index contributed by atoms with van der Waals surface area (Å²) in [6, 6.07) is 10.3. The maximum atomic E-state index is 12.7. The molecule has 1 aromatic carbocycles. The van der Waals surface area contributed by atoms with E-state index in [1.165, 1.54) is 6.26 Å². The van der Waals surface area contributed by atoms with Crippen LogP contribution in [0.1, 0.15) is 54.0 Å². The summed E-state index contributed by atoms with van der Waals surface area (Å²) in [4.78, 5) is 31.2. The van der Waals surface area contributed by atoms with Gasteiger partial charge in [0.15, 0.2) is 11.6 Å². The van der Waals surface area contributed by atoms with E-state index < -0.39 is 0 Å². The third-order valence-corrected chi connectivity index (χ3v) is 6.04. The Kier molecular flexibility index (Phi) is 4.72. The molecular formula is C21H25N3O3. The highest BCUT2D eigenvalue weighted by Crippen LogP contribution is 2.48. The lowest BCUT2D eigenvalue weighted by Gasteiger charge is -2.46. The number of benzene rings is 1. The van der Waals surface area contributed by atoms with Crippen LogP contribution in [-0.4, -0.2) is 34.3 Å². The third-order valence-electron chi connectivity index (χ3n) is 6.04. The van der Waals surface area contributed by atoms with Gasteiger partial charge in [-0.3, -0.25) is 9.59 Å². The first-order valence-corrected chi connectivity index (χ1v) is 9.61. The molecule has 1 aliphatic heterocycles. The second kappa shape index (κ2) is 7.18. The van der Waals surface area contributed by atoms with Crippen molar-refractivity contribution in [3.63, 3.8) is 0 Å². The molecule has 142 valence electrons. The van der Waals surface area contributed by atoms with Crippen molar-refractivity contribution in [1.29, 1.82) is 0 Å². The largest absolute Gasteiger partial charge is 0.448 e. The molecule has 0 radical (unpaired) electrons. The average molecular weight is 367 g/mol. The molecule has 2 aromatic rings. The van der Waals surface area contributed by atoms with Crippen LogP contribution < -0.4 is 5.32 Å².